The third kappa shape index (κ3) is 2.80. The van der Waals surface area contributed by atoms with E-state index in [0.29, 0.717) is 6.04 Å². The van der Waals surface area contributed by atoms with E-state index in [2.05, 4.69) is 28.3 Å². The number of aryl methyl sites for hydroxylation is 1. The van der Waals surface area contributed by atoms with Gasteiger partial charge in [-0.3, -0.25) is 0 Å². The number of aromatic nitrogens is 2. The molecule has 6 heteroatoms. The summed E-state index contributed by atoms with van der Waals surface area (Å²) in [5.74, 6) is 0.800. The fourth-order valence-corrected chi connectivity index (χ4v) is 5.32. The maximum absolute atomic E-state index is 6.36. The lowest BCUT2D eigenvalue weighted by molar-refractivity contribution is -0.0954. The first-order valence-corrected chi connectivity index (χ1v) is 9.22. The number of hydrogen-bond acceptors (Lipinski definition) is 5. The molecule has 122 valence electrons. The zero-order valence-corrected chi connectivity index (χ0v) is 14.9. The van der Waals surface area contributed by atoms with E-state index in [1.54, 1.807) is 11.3 Å². The summed E-state index contributed by atoms with van der Waals surface area (Å²) in [4.78, 5) is 10.0. The summed E-state index contributed by atoms with van der Waals surface area (Å²) in [6.45, 7) is 4.89. The number of thiophene rings is 1. The van der Waals surface area contributed by atoms with E-state index in [1.807, 2.05) is 19.3 Å². The van der Waals surface area contributed by atoms with Crippen molar-refractivity contribution in [3.63, 3.8) is 0 Å². The molecule has 4 heterocycles. The van der Waals surface area contributed by atoms with Crippen molar-refractivity contribution in [3.8, 4) is 0 Å². The highest BCUT2D eigenvalue weighted by Crippen LogP contribution is 2.49. The minimum absolute atomic E-state index is 0.200. The minimum atomic E-state index is -0.231. The van der Waals surface area contributed by atoms with Crippen molar-refractivity contribution in [1.29, 1.82) is 0 Å². The number of fused-ring (bicyclic) bond motifs is 2. The quantitative estimate of drug-likeness (QED) is 0.851. The predicted molar refractivity (Wildman–Crippen MR) is 92.0 cm³/mol. The number of hydrogen-bond donors (Lipinski definition) is 1. The van der Waals surface area contributed by atoms with Crippen molar-refractivity contribution < 1.29 is 4.74 Å². The molecule has 2 aromatic rings. The number of nitrogens with zero attached hydrogens (tertiary/aromatic N) is 2. The smallest absolute Gasteiger partial charge is 0.125 e. The van der Waals surface area contributed by atoms with Crippen molar-refractivity contribution in [2.45, 2.75) is 50.8 Å². The first kappa shape index (κ1) is 15.5. The molecule has 0 bridgehead atoms. The van der Waals surface area contributed by atoms with Crippen LogP contribution in [-0.2, 0) is 16.8 Å². The van der Waals surface area contributed by atoms with Crippen LogP contribution in [0.15, 0.2) is 18.5 Å². The summed E-state index contributed by atoms with van der Waals surface area (Å²) in [7, 11) is 0. The van der Waals surface area contributed by atoms with Gasteiger partial charge in [0.25, 0.3) is 0 Å². The molecule has 0 aromatic carbocycles. The molecule has 0 radical (unpaired) electrons. The topological polar surface area (TPSA) is 47.0 Å². The van der Waals surface area contributed by atoms with E-state index in [-0.39, 0.29) is 11.6 Å². The summed E-state index contributed by atoms with van der Waals surface area (Å²) in [6.07, 6.45) is 6.68. The molecule has 3 atom stereocenters. The molecule has 0 amide bonds. The molecular formula is C17H20ClN3OS. The molecule has 1 spiro atoms. The fraction of sp³-hybridized carbons (Fsp3) is 0.529. The largest absolute Gasteiger partial charge is 0.369 e. The molecule has 2 aliphatic heterocycles. The zero-order chi connectivity index (χ0) is 16.0. The van der Waals surface area contributed by atoms with Crippen molar-refractivity contribution in [3.05, 3.63) is 44.6 Å². The van der Waals surface area contributed by atoms with E-state index in [4.69, 9.17) is 16.3 Å². The Morgan fingerprint density at radius 1 is 1.35 bits per heavy atom. The molecular weight excluding hydrogens is 330 g/mol. The Morgan fingerprint density at radius 3 is 2.91 bits per heavy atom. The lowest BCUT2D eigenvalue weighted by Crippen LogP contribution is -2.49. The van der Waals surface area contributed by atoms with Crippen LogP contribution >= 0.6 is 22.9 Å². The number of piperidine rings is 1. The van der Waals surface area contributed by atoms with Gasteiger partial charge in [0.2, 0.25) is 0 Å². The first-order valence-electron chi connectivity index (χ1n) is 8.03. The fourth-order valence-electron chi connectivity index (χ4n) is 3.86. The molecule has 23 heavy (non-hydrogen) atoms. The predicted octanol–water partition coefficient (Wildman–Crippen LogP) is 3.78. The van der Waals surface area contributed by atoms with E-state index in [1.165, 1.54) is 10.4 Å². The van der Waals surface area contributed by atoms with Crippen LogP contribution in [0.25, 0.3) is 0 Å². The molecule has 0 unspecified atom stereocenters. The average molecular weight is 350 g/mol. The van der Waals surface area contributed by atoms with Crippen molar-refractivity contribution in [2.24, 2.45) is 0 Å². The second-order valence-corrected chi connectivity index (χ2v) is 8.27. The summed E-state index contributed by atoms with van der Waals surface area (Å²) >= 11 is 7.97. The molecule has 0 saturated carbocycles. The second kappa shape index (κ2) is 5.81. The Labute approximate surface area is 145 Å². The Morgan fingerprint density at radius 2 is 2.13 bits per heavy atom. The van der Waals surface area contributed by atoms with Gasteiger partial charge in [0.15, 0.2) is 0 Å². The van der Waals surface area contributed by atoms with Crippen LogP contribution < -0.4 is 5.32 Å². The number of halogens is 1. The molecule has 2 aliphatic rings. The normalized spacial score (nSPS) is 30.4. The number of rotatable bonds is 1. The maximum Gasteiger partial charge on any atom is 0.125 e. The highest BCUT2D eigenvalue weighted by Gasteiger charge is 2.46. The Balaban J connectivity index is 1.71. The van der Waals surface area contributed by atoms with Gasteiger partial charge in [-0.15, -0.1) is 11.3 Å². The zero-order valence-electron chi connectivity index (χ0n) is 13.3. The van der Waals surface area contributed by atoms with Gasteiger partial charge in [-0.2, -0.15) is 0 Å². The van der Waals surface area contributed by atoms with Crippen molar-refractivity contribution in [1.82, 2.24) is 15.3 Å². The van der Waals surface area contributed by atoms with Gasteiger partial charge >= 0.3 is 0 Å². The highest BCUT2D eigenvalue weighted by molar-refractivity contribution is 7.16. The summed E-state index contributed by atoms with van der Waals surface area (Å²) in [5.41, 5.74) is 2.25. The second-order valence-electron chi connectivity index (χ2n) is 6.59. The van der Waals surface area contributed by atoms with E-state index < -0.39 is 0 Å². The molecule has 1 fully saturated rings. The monoisotopic (exact) mass is 349 g/mol. The van der Waals surface area contributed by atoms with Crippen LogP contribution in [0.5, 0.6) is 0 Å². The van der Waals surface area contributed by atoms with Gasteiger partial charge in [-0.1, -0.05) is 11.6 Å². The Bertz CT molecular complexity index is 717. The lowest BCUT2D eigenvalue weighted by Gasteiger charge is -2.46. The standard InChI is InChI=1S/C17H20ClN3OS/c1-10-6-17(16-12(3-4-22-17)5-15(18)23-16)7-14(21-10)13-8-19-11(2)20-9-13/h5,8-10,14,21H,3-4,6-7H2,1-2H3/t10-,14-,17-/m0/s1. The van der Waals surface area contributed by atoms with Crippen LogP contribution in [0.4, 0.5) is 0 Å². The first-order chi connectivity index (χ1) is 11.1. The molecule has 4 rings (SSSR count). The molecule has 1 N–H and O–H groups in total. The van der Waals surface area contributed by atoms with Gasteiger partial charge < -0.3 is 10.1 Å². The molecule has 0 aliphatic carbocycles. The minimum Gasteiger partial charge on any atom is -0.369 e. The van der Waals surface area contributed by atoms with Gasteiger partial charge in [0.1, 0.15) is 11.4 Å². The van der Waals surface area contributed by atoms with Crippen LogP contribution in [0.1, 0.15) is 47.6 Å². The number of nitrogens with one attached hydrogen (secondary N) is 1. The lowest BCUT2D eigenvalue weighted by atomic mass is 9.78. The van der Waals surface area contributed by atoms with E-state index in [9.17, 15) is 0 Å². The highest BCUT2D eigenvalue weighted by atomic mass is 35.5. The van der Waals surface area contributed by atoms with Gasteiger partial charge in [0, 0.05) is 41.3 Å². The van der Waals surface area contributed by atoms with Gasteiger partial charge in [-0.05, 0) is 38.3 Å². The van der Waals surface area contributed by atoms with Crippen LogP contribution in [-0.4, -0.2) is 22.6 Å². The van der Waals surface area contributed by atoms with Crippen molar-refractivity contribution in [2.75, 3.05) is 6.61 Å². The van der Waals surface area contributed by atoms with Gasteiger partial charge in [-0.25, -0.2) is 9.97 Å². The molecule has 4 nitrogen and oxygen atoms in total. The van der Waals surface area contributed by atoms with Crippen LogP contribution in [0.2, 0.25) is 4.34 Å². The Hall–Kier alpha value is -1.01. The molecule has 1 saturated heterocycles. The summed E-state index contributed by atoms with van der Waals surface area (Å²) in [5, 5.41) is 3.67. The number of ether oxygens (including phenoxy) is 1. The summed E-state index contributed by atoms with van der Waals surface area (Å²) < 4.78 is 7.23. The maximum atomic E-state index is 6.36. The molecule has 2 aromatic heterocycles. The van der Waals surface area contributed by atoms with Crippen LogP contribution in [0.3, 0.4) is 0 Å². The SMILES string of the molecule is Cc1ncc([C@@H]2C[C@]3(C[C@H](C)N2)OCCc2cc(Cl)sc23)cn1. The van der Waals surface area contributed by atoms with Crippen LogP contribution in [0, 0.1) is 6.92 Å². The third-order valence-electron chi connectivity index (χ3n) is 4.80. The van der Waals surface area contributed by atoms with Crippen molar-refractivity contribution >= 4 is 22.9 Å². The summed E-state index contributed by atoms with van der Waals surface area (Å²) in [6, 6.07) is 2.68. The van der Waals surface area contributed by atoms with E-state index >= 15 is 0 Å². The third-order valence-corrected chi connectivity index (χ3v) is 6.29. The average Bonchev–Trinajstić information content (AvgIpc) is 2.90. The van der Waals surface area contributed by atoms with Gasteiger partial charge in [0.05, 0.1) is 10.9 Å². The van der Waals surface area contributed by atoms with E-state index in [0.717, 1.165) is 41.6 Å². The Kier molecular flexibility index (Phi) is 3.92.